The second kappa shape index (κ2) is 24.9. The average molecular weight is 958 g/mol. The van der Waals surface area contributed by atoms with Crippen molar-refractivity contribution in [3.63, 3.8) is 0 Å². The van der Waals surface area contributed by atoms with E-state index < -0.39 is 134 Å². The number of aliphatic hydroxyl groups excluding tert-OH is 4. The Morgan fingerprint density at radius 1 is 0.954 bits per heavy atom. The summed E-state index contributed by atoms with van der Waals surface area (Å²) in [6.45, 7) is 3.22. The van der Waals surface area contributed by atoms with Crippen molar-refractivity contribution in [1.82, 2.24) is 26.2 Å². The minimum atomic E-state index is -2.57. The summed E-state index contributed by atoms with van der Waals surface area (Å²) in [5.74, 6) is -6.49. The maximum atomic E-state index is 14.1. The lowest BCUT2D eigenvalue weighted by Crippen LogP contribution is -2.66. The number of hydrogen-bond acceptors (Lipinski definition) is 16. The molecular weight excluding hydrogens is 899 g/mol. The lowest BCUT2D eigenvalue weighted by atomic mass is 9.91. The Labute approximate surface area is 385 Å². The van der Waals surface area contributed by atoms with Crippen LogP contribution in [0.3, 0.4) is 0 Å². The van der Waals surface area contributed by atoms with Gasteiger partial charge in [0.25, 0.3) is 5.91 Å². The second-order valence-electron chi connectivity index (χ2n) is 15.4. The van der Waals surface area contributed by atoms with Crippen LogP contribution in [0.15, 0.2) is 42.5 Å². The van der Waals surface area contributed by atoms with Crippen molar-refractivity contribution in [3.05, 3.63) is 58.1 Å². The van der Waals surface area contributed by atoms with Gasteiger partial charge in [-0.25, -0.2) is 4.79 Å². The first-order valence-electron chi connectivity index (χ1n) is 20.4. The number of para-hydroxylation sites is 2. The van der Waals surface area contributed by atoms with Crippen LogP contribution in [0, 0.1) is 0 Å². The van der Waals surface area contributed by atoms with Crippen molar-refractivity contribution < 1.29 is 68.2 Å². The summed E-state index contributed by atoms with van der Waals surface area (Å²) in [5, 5.41) is 55.7. The van der Waals surface area contributed by atoms with Gasteiger partial charge in [0.05, 0.1) is 54.1 Å². The zero-order chi connectivity index (χ0) is 48.8. The molecule has 3 rings (SSSR count). The minimum Gasteiger partial charge on any atom is -0.467 e. The van der Waals surface area contributed by atoms with E-state index in [1.54, 1.807) is 42.5 Å². The molecule has 24 heteroatoms. The molecule has 1 fully saturated rings. The Hall–Kier alpha value is -5.17. The number of carbonyl (C=O) groups is 7. The molecule has 1 aliphatic rings. The Kier molecular flexibility index (Phi) is 20.8. The van der Waals surface area contributed by atoms with E-state index in [-0.39, 0.29) is 13.0 Å². The quantitative estimate of drug-likeness (QED) is 0.0427. The largest absolute Gasteiger partial charge is 0.467 e. The number of hydrogen-bond donors (Lipinski definition) is 11. The third-order valence-electron chi connectivity index (χ3n) is 10.3. The first-order chi connectivity index (χ1) is 30.6. The Morgan fingerprint density at radius 2 is 1.58 bits per heavy atom. The number of ether oxygens (including phenoxy) is 3. The van der Waals surface area contributed by atoms with Gasteiger partial charge in [0.15, 0.2) is 6.29 Å². The number of esters is 1. The van der Waals surface area contributed by atoms with Crippen LogP contribution in [0.2, 0.25) is 10.0 Å². The third-order valence-corrected chi connectivity index (χ3v) is 10.9. The molecule has 0 aromatic heterocycles. The number of amides is 6. The summed E-state index contributed by atoms with van der Waals surface area (Å²) in [5.41, 5.74) is 10.2. The van der Waals surface area contributed by atoms with Crippen molar-refractivity contribution in [2.75, 3.05) is 38.7 Å². The number of carbonyl (C=O) groups excluding carboxylic acids is 7. The van der Waals surface area contributed by atoms with Gasteiger partial charge in [-0.05, 0) is 51.0 Å². The highest BCUT2D eigenvalue weighted by molar-refractivity contribution is 6.39. The van der Waals surface area contributed by atoms with Gasteiger partial charge in [-0.15, -0.1) is 0 Å². The van der Waals surface area contributed by atoms with Crippen molar-refractivity contribution >= 4 is 76.0 Å². The highest BCUT2D eigenvalue weighted by atomic mass is 35.5. The zero-order valence-electron chi connectivity index (χ0n) is 36.4. The fourth-order valence-electron chi connectivity index (χ4n) is 6.73. The Bertz CT molecular complexity index is 2000. The number of aliphatic hydroxyl groups is 4. The number of methoxy groups -OCH3 is 1. The van der Waals surface area contributed by atoms with E-state index in [1.165, 1.54) is 20.8 Å². The topological polar surface area (TPSA) is 344 Å². The first kappa shape index (κ1) is 54.2. The van der Waals surface area contributed by atoms with Gasteiger partial charge in [-0.3, -0.25) is 28.8 Å². The summed E-state index contributed by atoms with van der Waals surface area (Å²) in [4.78, 5) is 92.0. The molecule has 0 aliphatic carbocycles. The van der Waals surface area contributed by atoms with Gasteiger partial charge in [0.1, 0.15) is 30.4 Å². The molecule has 2 unspecified atom stereocenters. The maximum Gasteiger partial charge on any atom is 0.341 e. The van der Waals surface area contributed by atoms with E-state index in [9.17, 15) is 54.0 Å². The van der Waals surface area contributed by atoms with Crippen LogP contribution in [0.25, 0.3) is 0 Å². The van der Waals surface area contributed by atoms with Crippen LogP contribution in [0.1, 0.15) is 46.1 Å². The molecule has 2 aromatic carbocycles. The van der Waals surface area contributed by atoms with Gasteiger partial charge in [0.2, 0.25) is 35.1 Å². The standard InChI is InChI=1S/C41H58Cl2N8O14/c1-20(64-35-33(48-23(4)53)38(60)65-29(19-52)34(35)57)18-51(31(56)13-14-41(39(45)61,40(62)63-5)50-36(58)21(2)44)22(3)37(59)47-17-25(54)16-46-30(55)15-24-9-6-7-12-28(24)49-32-26(42)10-8-11-27(32)43/h6-12,20-22,25,29,33-35,38,49,52,54,57,60H,13-19,44H2,1-5H3,(H2,45,61)(H,46,55)(H,47,59)(H,48,53)(H,50,58)/t20?,21-,22-,25?,29+,33+,34+,35+,38-,41-/m0/s1. The molecule has 0 saturated carbocycles. The zero-order valence-corrected chi connectivity index (χ0v) is 37.9. The highest BCUT2D eigenvalue weighted by Crippen LogP contribution is 2.34. The number of nitrogens with one attached hydrogen (secondary N) is 5. The third kappa shape index (κ3) is 14.9. The van der Waals surface area contributed by atoms with E-state index in [0.717, 1.165) is 18.9 Å². The number of halogens is 2. The van der Waals surface area contributed by atoms with E-state index in [0.29, 0.717) is 27.0 Å². The fraction of sp³-hybridized carbons (Fsp3) is 0.537. The molecule has 22 nitrogen and oxygen atoms in total. The lowest BCUT2D eigenvalue weighted by Gasteiger charge is -2.44. The smallest absolute Gasteiger partial charge is 0.341 e. The lowest BCUT2D eigenvalue weighted by molar-refractivity contribution is -0.268. The van der Waals surface area contributed by atoms with Crippen LogP contribution in [0.5, 0.6) is 0 Å². The maximum absolute atomic E-state index is 14.1. The minimum absolute atomic E-state index is 0.114. The first-order valence-corrected chi connectivity index (χ1v) is 21.1. The number of anilines is 2. The molecule has 2 aromatic rings. The molecule has 360 valence electrons. The van der Waals surface area contributed by atoms with Crippen LogP contribution < -0.4 is 38.1 Å². The van der Waals surface area contributed by atoms with Gasteiger partial charge in [-0.1, -0.05) is 47.5 Å². The average Bonchev–Trinajstić information content (AvgIpc) is 3.25. The molecule has 65 heavy (non-hydrogen) atoms. The summed E-state index contributed by atoms with van der Waals surface area (Å²) in [6.07, 6.45) is -10.2. The monoisotopic (exact) mass is 956 g/mol. The summed E-state index contributed by atoms with van der Waals surface area (Å²) in [7, 11) is 0.922. The number of nitrogens with two attached hydrogens (primary N) is 2. The van der Waals surface area contributed by atoms with Crippen molar-refractivity contribution in [2.45, 2.75) is 107 Å². The predicted octanol–water partition coefficient (Wildman–Crippen LogP) is -1.92. The van der Waals surface area contributed by atoms with Gasteiger partial charge < -0.3 is 77.6 Å². The Morgan fingerprint density at radius 3 is 2.17 bits per heavy atom. The van der Waals surface area contributed by atoms with Gasteiger partial charge in [-0.2, -0.15) is 0 Å². The normalized spacial score (nSPS) is 21.0. The van der Waals surface area contributed by atoms with E-state index in [2.05, 4.69) is 26.6 Å². The van der Waals surface area contributed by atoms with Gasteiger partial charge >= 0.3 is 5.97 Å². The number of rotatable bonds is 23. The van der Waals surface area contributed by atoms with Crippen molar-refractivity contribution in [1.29, 1.82) is 0 Å². The molecule has 0 spiro atoms. The highest BCUT2D eigenvalue weighted by Gasteiger charge is 2.49. The number of benzene rings is 2. The molecule has 1 aliphatic heterocycles. The van der Waals surface area contributed by atoms with Crippen LogP contribution in [-0.4, -0.2) is 161 Å². The second-order valence-corrected chi connectivity index (χ2v) is 16.2. The molecule has 1 saturated heterocycles. The summed E-state index contributed by atoms with van der Waals surface area (Å²) in [6, 6.07) is 7.95. The van der Waals surface area contributed by atoms with Crippen LogP contribution in [-0.2, 0) is 54.2 Å². The molecular formula is C41H58Cl2N8O14. The van der Waals surface area contributed by atoms with Crippen LogP contribution >= 0.6 is 23.2 Å². The molecule has 6 amide bonds. The number of primary amides is 1. The summed E-state index contributed by atoms with van der Waals surface area (Å²) >= 11 is 12.6. The van der Waals surface area contributed by atoms with Crippen LogP contribution in [0.4, 0.5) is 11.4 Å². The van der Waals surface area contributed by atoms with E-state index in [4.69, 9.17) is 48.9 Å². The predicted molar refractivity (Wildman–Crippen MR) is 234 cm³/mol. The summed E-state index contributed by atoms with van der Waals surface area (Å²) < 4.78 is 16.0. The SMILES string of the molecule is COC(=O)[C@@](CCC(=O)N(CC(C)O[C@H]1[C@H](O)[C@@H](CO)O[C@H](O)[C@@H]1NC(C)=O)[C@@H](C)C(=O)NCC(O)CNC(=O)Cc1ccccc1Nc1c(Cl)cccc1Cl)(NC(=O)[C@H](C)N)C(N)=O. The van der Waals surface area contributed by atoms with Crippen molar-refractivity contribution in [3.8, 4) is 0 Å². The van der Waals surface area contributed by atoms with E-state index in [1.807, 2.05) is 0 Å². The molecule has 13 N–H and O–H groups in total. The molecule has 10 atom stereocenters. The van der Waals surface area contributed by atoms with Crippen molar-refractivity contribution in [2.24, 2.45) is 11.5 Å². The molecule has 0 bridgehead atoms. The fourth-order valence-corrected chi connectivity index (χ4v) is 7.22. The molecule has 0 radical (unpaired) electrons. The number of nitrogens with zero attached hydrogens (tertiary/aromatic N) is 1. The molecule has 1 heterocycles. The Balaban J connectivity index is 1.79. The van der Waals surface area contributed by atoms with Gasteiger partial charge in [0, 0.05) is 38.7 Å². The van der Waals surface area contributed by atoms with E-state index >= 15 is 0 Å².